The molecule has 1 saturated heterocycles. The molecule has 0 atom stereocenters. The van der Waals surface area contributed by atoms with Crippen molar-refractivity contribution in [2.75, 3.05) is 31.1 Å². The van der Waals surface area contributed by atoms with Crippen molar-refractivity contribution >= 4 is 35.4 Å². The molecule has 1 fully saturated rings. The topological polar surface area (TPSA) is 90.0 Å². The third-order valence-corrected chi connectivity index (χ3v) is 6.01. The normalized spacial score (nSPS) is 13.8. The van der Waals surface area contributed by atoms with Crippen LogP contribution in [0.5, 0.6) is 0 Å². The standard InChI is InChI=1S/C29H27N3O4/c33-27(16-10-22-6-8-23(9-7-22)11-17-28(34)30-36)24-12-14-26(15-13-24)31-18-20-32(21-19-31)29(35)25-4-2-1-3-5-25/h1-17,36H,18-21H2,(H,30,34)/b16-10+,17-11+. The van der Waals surface area contributed by atoms with Crippen molar-refractivity contribution in [3.8, 4) is 0 Å². The molecule has 2 N–H and O–H groups in total. The van der Waals surface area contributed by atoms with E-state index >= 15 is 0 Å². The Kier molecular flexibility index (Phi) is 8.05. The third-order valence-electron chi connectivity index (χ3n) is 6.01. The zero-order chi connectivity index (χ0) is 25.3. The van der Waals surface area contributed by atoms with Crippen molar-refractivity contribution in [1.29, 1.82) is 0 Å². The van der Waals surface area contributed by atoms with Gasteiger partial charge in [-0.05, 0) is 59.7 Å². The maximum atomic E-state index is 12.6. The highest BCUT2D eigenvalue weighted by Crippen LogP contribution is 2.19. The van der Waals surface area contributed by atoms with E-state index in [4.69, 9.17) is 5.21 Å². The Morgan fingerprint density at radius 2 is 1.28 bits per heavy atom. The number of allylic oxidation sites excluding steroid dienone is 1. The Balaban J connectivity index is 1.30. The molecule has 1 aliphatic rings. The molecule has 2 amide bonds. The maximum Gasteiger partial charge on any atom is 0.267 e. The average molecular weight is 482 g/mol. The number of hydrogen-bond donors (Lipinski definition) is 2. The van der Waals surface area contributed by atoms with Crippen LogP contribution in [-0.2, 0) is 4.79 Å². The maximum absolute atomic E-state index is 12.6. The fraction of sp³-hybridized carbons (Fsp3) is 0.138. The molecule has 0 unspecified atom stereocenters. The molecule has 0 radical (unpaired) electrons. The highest BCUT2D eigenvalue weighted by atomic mass is 16.5. The van der Waals surface area contributed by atoms with Gasteiger partial charge in [0.1, 0.15) is 0 Å². The molecule has 182 valence electrons. The first-order valence-electron chi connectivity index (χ1n) is 11.7. The lowest BCUT2D eigenvalue weighted by Gasteiger charge is -2.36. The van der Waals surface area contributed by atoms with Crippen molar-refractivity contribution in [2.24, 2.45) is 0 Å². The molecule has 0 saturated carbocycles. The van der Waals surface area contributed by atoms with Gasteiger partial charge in [0.05, 0.1) is 0 Å². The molecule has 7 nitrogen and oxygen atoms in total. The molecule has 0 aromatic heterocycles. The average Bonchev–Trinajstić information content (AvgIpc) is 2.95. The predicted octanol–water partition coefficient (Wildman–Crippen LogP) is 4.06. The molecule has 1 heterocycles. The Morgan fingerprint density at radius 3 is 1.86 bits per heavy atom. The summed E-state index contributed by atoms with van der Waals surface area (Å²) in [5, 5.41) is 8.51. The van der Waals surface area contributed by atoms with Gasteiger partial charge in [-0.25, -0.2) is 5.48 Å². The van der Waals surface area contributed by atoms with Gasteiger partial charge in [-0.3, -0.25) is 19.6 Å². The lowest BCUT2D eigenvalue weighted by molar-refractivity contribution is -0.124. The summed E-state index contributed by atoms with van der Waals surface area (Å²) in [6.07, 6.45) is 6.08. The van der Waals surface area contributed by atoms with E-state index in [0.717, 1.165) is 29.9 Å². The summed E-state index contributed by atoms with van der Waals surface area (Å²) in [5.41, 5.74) is 5.52. The summed E-state index contributed by atoms with van der Waals surface area (Å²) in [5.74, 6) is -0.636. The lowest BCUT2D eigenvalue weighted by atomic mass is 10.1. The first kappa shape index (κ1) is 24.6. The van der Waals surface area contributed by atoms with Crippen LogP contribution in [0.25, 0.3) is 12.2 Å². The second-order valence-electron chi connectivity index (χ2n) is 8.37. The zero-order valence-electron chi connectivity index (χ0n) is 19.7. The van der Waals surface area contributed by atoms with E-state index in [1.54, 1.807) is 12.2 Å². The molecular formula is C29H27N3O4. The summed E-state index contributed by atoms with van der Waals surface area (Å²) in [7, 11) is 0. The van der Waals surface area contributed by atoms with Crippen molar-refractivity contribution in [3.05, 3.63) is 113 Å². The number of nitrogens with zero attached hydrogens (tertiary/aromatic N) is 2. The SMILES string of the molecule is O=C(/C=C/c1ccc(/C=C/C(=O)c2ccc(N3CCN(C(=O)c4ccccc4)CC3)cc2)cc1)NO. The van der Waals surface area contributed by atoms with Crippen LogP contribution in [0, 0.1) is 0 Å². The smallest absolute Gasteiger partial charge is 0.267 e. The van der Waals surface area contributed by atoms with Crippen molar-refractivity contribution in [1.82, 2.24) is 10.4 Å². The monoisotopic (exact) mass is 481 g/mol. The molecule has 3 aromatic rings. The fourth-order valence-electron chi connectivity index (χ4n) is 3.96. The molecule has 0 aliphatic carbocycles. The quantitative estimate of drug-likeness (QED) is 0.230. The minimum absolute atomic E-state index is 0.0585. The molecule has 4 rings (SSSR count). The van der Waals surface area contributed by atoms with E-state index in [2.05, 4.69) is 4.90 Å². The van der Waals surface area contributed by atoms with E-state index in [1.165, 1.54) is 17.6 Å². The van der Waals surface area contributed by atoms with Crippen LogP contribution in [0.15, 0.2) is 91.0 Å². The number of rotatable bonds is 7. The van der Waals surface area contributed by atoms with Crippen molar-refractivity contribution in [3.63, 3.8) is 0 Å². The van der Waals surface area contributed by atoms with Crippen molar-refractivity contribution < 1.29 is 19.6 Å². The summed E-state index contributed by atoms with van der Waals surface area (Å²) >= 11 is 0. The van der Waals surface area contributed by atoms with E-state index in [9.17, 15) is 14.4 Å². The van der Waals surface area contributed by atoms with E-state index < -0.39 is 5.91 Å². The van der Waals surface area contributed by atoms with E-state index in [1.807, 2.05) is 83.8 Å². The first-order valence-corrected chi connectivity index (χ1v) is 11.7. The molecule has 1 aliphatic heterocycles. The lowest BCUT2D eigenvalue weighted by Crippen LogP contribution is -2.48. The van der Waals surface area contributed by atoms with E-state index in [0.29, 0.717) is 24.2 Å². The Bertz CT molecular complexity index is 1260. The highest BCUT2D eigenvalue weighted by molar-refractivity contribution is 6.07. The molecule has 36 heavy (non-hydrogen) atoms. The predicted molar refractivity (Wildman–Crippen MR) is 140 cm³/mol. The van der Waals surface area contributed by atoms with Gasteiger partial charge in [-0.1, -0.05) is 48.5 Å². The van der Waals surface area contributed by atoms with Gasteiger partial charge >= 0.3 is 0 Å². The minimum Gasteiger partial charge on any atom is -0.368 e. The van der Waals surface area contributed by atoms with E-state index in [-0.39, 0.29) is 11.7 Å². The number of carbonyl (C=O) groups excluding carboxylic acids is 3. The number of nitrogens with one attached hydrogen (secondary N) is 1. The molecule has 7 heteroatoms. The van der Waals surface area contributed by atoms with Gasteiger partial charge in [0, 0.05) is 49.1 Å². The minimum atomic E-state index is -0.601. The van der Waals surface area contributed by atoms with Gasteiger partial charge in [-0.15, -0.1) is 0 Å². The number of carbonyl (C=O) groups is 3. The fourth-order valence-corrected chi connectivity index (χ4v) is 3.96. The second kappa shape index (κ2) is 11.8. The molecule has 0 bridgehead atoms. The van der Waals surface area contributed by atoms with Crippen LogP contribution < -0.4 is 10.4 Å². The Labute approximate surface area is 209 Å². The van der Waals surface area contributed by atoms with Gasteiger partial charge in [0.2, 0.25) is 0 Å². The number of hydrogen-bond acceptors (Lipinski definition) is 5. The first-order chi connectivity index (χ1) is 17.5. The molecule has 3 aromatic carbocycles. The number of amides is 2. The van der Waals surface area contributed by atoms with Crippen LogP contribution >= 0.6 is 0 Å². The summed E-state index contributed by atoms with van der Waals surface area (Å²) in [6, 6.07) is 24.2. The van der Waals surface area contributed by atoms with Gasteiger partial charge in [0.15, 0.2) is 5.78 Å². The number of anilines is 1. The van der Waals surface area contributed by atoms with Crippen LogP contribution in [0.1, 0.15) is 31.8 Å². The van der Waals surface area contributed by atoms with Crippen LogP contribution in [0.3, 0.4) is 0 Å². The number of piperazine rings is 1. The van der Waals surface area contributed by atoms with Crippen LogP contribution in [0.2, 0.25) is 0 Å². The molecule has 0 spiro atoms. The third kappa shape index (κ3) is 6.34. The number of benzene rings is 3. The highest BCUT2D eigenvalue weighted by Gasteiger charge is 2.22. The van der Waals surface area contributed by atoms with Crippen LogP contribution in [0.4, 0.5) is 5.69 Å². The molecular weight excluding hydrogens is 454 g/mol. The zero-order valence-corrected chi connectivity index (χ0v) is 19.7. The van der Waals surface area contributed by atoms with Gasteiger partial charge in [-0.2, -0.15) is 0 Å². The number of hydroxylamine groups is 1. The summed E-state index contributed by atoms with van der Waals surface area (Å²) in [6.45, 7) is 2.78. The second-order valence-corrected chi connectivity index (χ2v) is 8.37. The number of ketones is 1. The summed E-state index contributed by atoms with van der Waals surface area (Å²) in [4.78, 5) is 40.4. The van der Waals surface area contributed by atoms with Crippen LogP contribution in [-0.4, -0.2) is 53.9 Å². The Morgan fingerprint density at radius 1 is 0.694 bits per heavy atom. The van der Waals surface area contributed by atoms with Gasteiger partial charge in [0.25, 0.3) is 11.8 Å². The Hall–Kier alpha value is -4.49. The largest absolute Gasteiger partial charge is 0.368 e. The van der Waals surface area contributed by atoms with Crippen molar-refractivity contribution in [2.45, 2.75) is 0 Å². The summed E-state index contributed by atoms with van der Waals surface area (Å²) < 4.78 is 0. The van der Waals surface area contributed by atoms with Gasteiger partial charge < -0.3 is 9.80 Å².